The van der Waals surface area contributed by atoms with Gasteiger partial charge in [0.05, 0.1) is 6.54 Å². The molecule has 1 aromatic rings. The third kappa shape index (κ3) is 5.79. The van der Waals surface area contributed by atoms with Gasteiger partial charge in [-0.15, -0.1) is 0 Å². The first-order valence-corrected chi connectivity index (χ1v) is 9.90. The second kappa shape index (κ2) is 10.0. The molecular formula is C21H35N3O2. The highest BCUT2D eigenvalue weighted by atomic mass is 16.3. The van der Waals surface area contributed by atoms with Crippen LogP contribution in [0.5, 0.6) is 0 Å². The van der Waals surface area contributed by atoms with Crippen molar-refractivity contribution in [2.45, 2.75) is 46.0 Å². The fourth-order valence-electron chi connectivity index (χ4n) is 3.54. The van der Waals surface area contributed by atoms with Crippen molar-refractivity contribution in [2.24, 2.45) is 0 Å². The predicted molar refractivity (Wildman–Crippen MR) is 108 cm³/mol. The van der Waals surface area contributed by atoms with Crippen LogP contribution in [0.1, 0.15) is 57.1 Å². The average Bonchev–Trinajstić information content (AvgIpc) is 2.60. The first kappa shape index (κ1) is 20.9. The van der Waals surface area contributed by atoms with E-state index in [1.54, 1.807) is 0 Å². The molecule has 1 aliphatic rings. The summed E-state index contributed by atoms with van der Waals surface area (Å²) in [5, 5.41) is 12.1. The molecule has 1 aliphatic heterocycles. The van der Waals surface area contributed by atoms with Gasteiger partial charge in [-0.2, -0.15) is 0 Å². The minimum Gasteiger partial charge on any atom is -0.396 e. The number of nitrogens with zero attached hydrogens (tertiary/aromatic N) is 2. The van der Waals surface area contributed by atoms with Gasteiger partial charge in [0.15, 0.2) is 0 Å². The average molecular weight is 362 g/mol. The molecule has 1 fully saturated rings. The van der Waals surface area contributed by atoms with E-state index in [9.17, 15) is 4.79 Å². The summed E-state index contributed by atoms with van der Waals surface area (Å²) in [5.41, 5.74) is 3.42. The van der Waals surface area contributed by atoms with Gasteiger partial charge in [0.1, 0.15) is 0 Å². The molecule has 0 aliphatic carbocycles. The summed E-state index contributed by atoms with van der Waals surface area (Å²) in [7, 11) is 0. The molecule has 0 aromatic heterocycles. The van der Waals surface area contributed by atoms with Gasteiger partial charge < -0.3 is 15.3 Å². The summed E-state index contributed by atoms with van der Waals surface area (Å²) in [6, 6.07) is 6.32. The van der Waals surface area contributed by atoms with Crippen LogP contribution in [0.4, 0.5) is 5.69 Å². The third-order valence-electron chi connectivity index (χ3n) is 5.10. The standard InChI is InChI=1S/C21H35N3O2/c1-16(2)18-7-5-8-19(17(3)4)21(18)22-20(26)15-24-12-10-23(11-13-24)9-6-14-25/h5,7-8,16-17,25H,6,9-15H2,1-4H3,(H,22,26). The van der Waals surface area contributed by atoms with Crippen LogP contribution in [-0.2, 0) is 4.79 Å². The minimum absolute atomic E-state index is 0.0730. The van der Waals surface area contributed by atoms with E-state index in [-0.39, 0.29) is 12.5 Å². The van der Waals surface area contributed by atoms with Crippen LogP contribution in [0.15, 0.2) is 18.2 Å². The molecule has 26 heavy (non-hydrogen) atoms. The van der Waals surface area contributed by atoms with E-state index in [4.69, 9.17) is 5.11 Å². The molecule has 1 saturated heterocycles. The van der Waals surface area contributed by atoms with Crippen molar-refractivity contribution in [3.8, 4) is 0 Å². The number of benzene rings is 1. The maximum Gasteiger partial charge on any atom is 0.238 e. The normalized spacial score (nSPS) is 16.4. The summed E-state index contributed by atoms with van der Waals surface area (Å²) >= 11 is 0. The Morgan fingerprint density at radius 1 is 1.04 bits per heavy atom. The van der Waals surface area contributed by atoms with Crippen molar-refractivity contribution in [2.75, 3.05) is 51.2 Å². The number of carbonyl (C=O) groups is 1. The molecule has 0 unspecified atom stereocenters. The summed E-state index contributed by atoms with van der Waals surface area (Å²) in [6.07, 6.45) is 0.824. The molecular weight excluding hydrogens is 326 g/mol. The maximum absolute atomic E-state index is 12.7. The van der Waals surface area contributed by atoms with Gasteiger partial charge in [0.25, 0.3) is 0 Å². The second-order valence-corrected chi connectivity index (χ2v) is 7.86. The Bertz CT molecular complexity index is 552. The number of piperazine rings is 1. The summed E-state index contributed by atoms with van der Waals surface area (Å²) < 4.78 is 0. The van der Waals surface area contributed by atoms with Gasteiger partial charge in [0.2, 0.25) is 5.91 Å². The van der Waals surface area contributed by atoms with Crippen molar-refractivity contribution in [3.63, 3.8) is 0 Å². The van der Waals surface area contributed by atoms with Crippen LogP contribution >= 0.6 is 0 Å². The fraction of sp³-hybridized carbons (Fsp3) is 0.667. The number of rotatable bonds is 8. The molecule has 2 rings (SSSR count). The number of hydrogen-bond donors (Lipinski definition) is 2. The molecule has 5 heteroatoms. The number of hydrogen-bond acceptors (Lipinski definition) is 4. The Kier molecular flexibility index (Phi) is 8.07. The Labute approximate surface area is 158 Å². The molecule has 0 spiro atoms. The second-order valence-electron chi connectivity index (χ2n) is 7.86. The van der Waals surface area contributed by atoms with Crippen LogP contribution in [-0.4, -0.2) is 66.7 Å². The van der Waals surface area contributed by atoms with Crippen molar-refractivity contribution >= 4 is 11.6 Å². The highest BCUT2D eigenvalue weighted by molar-refractivity contribution is 5.94. The van der Waals surface area contributed by atoms with Gasteiger partial charge >= 0.3 is 0 Å². The number of nitrogens with one attached hydrogen (secondary N) is 1. The molecule has 0 atom stereocenters. The smallest absolute Gasteiger partial charge is 0.238 e. The van der Waals surface area contributed by atoms with E-state index in [0.29, 0.717) is 18.4 Å². The lowest BCUT2D eigenvalue weighted by Crippen LogP contribution is -2.48. The first-order chi connectivity index (χ1) is 12.4. The third-order valence-corrected chi connectivity index (χ3v) is 5.10. The van der Waals surface area contributed by atoms with Crippen molar-refractivity contribution in [3.05, 3.63) is 29.3 Å². The summed E-state index contributed by atoms with van der Waals surface area (Å²) in [6.45, 7) is 14.0. The van der Waals surface area contributed by atoms with E-state index in [2.05, 4.69) is 61.0 Å². The lowest BCUT2D eigenvalue weighted by molar-refractivity contribution is -0.117. The number of carbonyl (C=O) groups excluding carboxylic acids is 1. The highest BCUT2D eigenvalue weighted by Gasteiger charge is 2.20. The Morgan fingerprint density at radius 2 is 1.58 bits per heavy atom. The number of amides is 1. The first-order valence-electron chi connectivity index (χ1n) is 9.90. The number of anilines is 1. The SMILES string of the molecule is CC(C)c1cccc(C(C)C)c1NC(=O)CN1CCN(CCCO)CC1. The van der Waals surface area contributed by atoms with Gasteiger partial charge in [-0.05, 0) is 29.4 Å². The van der Waals surface area contributed by atoms with Crippen LogP contribution in [0.3, 0.4) is 0 Å². The van der Waals surface area contributed by atoms with Gasteiger partial charge in [-0.1, -0.05) is 45.9 Å². The van der Waals surface area contributed by atoms with Gasteiger partial charge in [-0.3, -0.25) is 9.69 Å². The van der Waals surface area contributed by atoms with Crippen LogP contribution in [0, 0.1) is 0 Å². The fourth-order valence-corrected chi connectivity index (χ4v) is 3.54. The van der Waals surface area contributed by atoms with E-state index in [1.165, 1.54) is 11.1 Å². The number of aliphatic hydroxyl groups excluding tert-OH is 1. The molecule has 1 aromatic carbocycles. The van der Waals surface area contributed by atoms with Crippen molar-refractivity contribution in [1.82, 2.24) is 9.80 Å². The molecule has 0 bridgehead atoms. The summed E-state index contributed by atoms with van der Waals surface area (Å²) in [5.74, 6) is 0.821. The van der Waals surface area contributed by atoms with Crippen LogP contribution in [0.2, 0.25) is 0 Å². The lowest BCUT2D eigenvalue weighted by Gasteiger charge is -2.34. The monoisotopic (exact) mass is 361 g/mol. The molecule has 1 heterocycles. The minimum atomic E-state index is 0.0730. The van der Waals surface area contributed by atoms with Crippen LogP contribution in [0.25, 0.3) is 0 Å². The lowest BCUT2D eigenvalue weighted by atomic mass is 9.92. The zero-order valence-corrected chi connectivity index (χ0v) is 16.8. The zero-order chi connectivity index (χ0) is 19.1. The van der Waals surface area contributed by atoms with E-state index >= 15 is 0 Å². The Morgan fingerprint density at radius 3 is 2.08 bits per heavy atom. The Hall–Kier alpha value is -1.43. The molecule has 2 N–H and O–H groups in total. The number of aliphatic hydroxyl groups is 1. The Balaban J connectivity index is 1.96. The zero-order valence-electron chi connectivity index (χ0n) is 16.8. The van der Waals surface area contributed by atoms with Gasteiger partial charge in [0, 0.05) is 45.0 Å². The molecule has 0 radical (unpaired) electrons. The molecule has 1 amide bonds. The predicted octanol–water partition coefficient (Wildman–Crippen LogP) is 2.87. The highest BCUT2D eigenvalue weighted by Crippen LogP contribution is 2.32. The topological polar surface area (TPSA) is 55.8 Å². The van der Waals surface area contributed by atoms with E-state index < -0.39 is 0 Å². The van der Waals surface area contributed by atoms with Crippen molar-refractivity contribution < 1.29 is 9.90 Å². The number of para-hydroxylation sites is 1. The molecule has 0 saturated carbocycles. The molecule has 146 valence electrons. The van der Waals surface area contributed by atoms with Crippen molar-refractivity contribution in [1.29, 1.82) is 0 Å². The van der Waals surface area contributed by atoms with Crippen LogP contribution < -0.4 is 5.32 Å². The quantitative estimate of drug-likeness (QED) is 0.748. The van der Waals surface area contributed by atoms with Gasteiger partial charge in [-0.25, -0.2) is 0 Å². The maximum atomic E-state index is 12.7. The summed E-state index contributed by atoms with van der Waals surface area (Å²) in [4.78, 5) is 17.3. The van der Waals surface area contributed by atoms with E-state index in [1.807, 2.05) is 0 Å². The van der Waals surface area contributed by atoms with E-state index in [0.717, 1.165) is 44.8 Å². The molecule has 5 nitrogen and oxygen atoms in total. The largest absolute Gasteiger partial charge is 0.396 e.